The molecular weight excluding hydrogens is 587 g/mol. The van der Waals surface area contributed by atoms with E-state index in [1.54, 1.807) is 24.4 Å². The third-order valence-corrected chi connectivity index (χ3v) is 8.41. The van der Waals surface area contributed by atoms with E-state index in [9.17, 15) is 9.18 Å². The number of nitrogens with one attached hydrogen (secondary N) is 1. The smallest absolute Gasteiger partial charge is 0.337 e. The molecule has 1 fully saturated rings. The molecule has 44 heavy (non-hydrogen) atoms. The second-order valence-electron chi connectivity index (χ2n) is 11.0. The maximum Gasteiger partial charge on any atom is 0.337 e. The van der Waals surface area contributed by atoms with E-state index in [4.69, 9.17) is 35.8 Å². The van der Waals surface area contributed by atoms with Gasteiger partial charge in [-0.05, 0) is 60.9 Å². The Balaban J connectivity index is 1.17. The molecule has 0 saturated carbocycles. The van der Waals surface area contributed by atoms with Gasteiger partial charge >= 0.3 is 5.97 Å². The molecule has 12 heteroatoms. The van der Waals surface area contributed by atoms with Gasteiger partial charge in [0.2, 0.25) is 5.88 Å². The summed E-state index contributed by atoms with van der Waals surface area (Å²) < 4.78 is 33.5. The van der Waals surface area contributed by atoms with Crippen LogP contribution in [0.3, 0.4) is 0 Å². The molecule has 0 radical (unpaired) electrons. The SMILES string of the molecule is COC(=O)c1ccc2nc(CN3CCc4cc(-c5cc[nH]n5)c(OCc5ccc(Cl)cc5F)nc4C3)n(C[C@@H]3CCO3)c2c1. The topological polar surface area (TPSA) is 107 Å². The van der Waals surface area contributed by atoms with Crippen molar-refractivity contribution in [3.05, 3.63) is 93.8 Å². The third-order valence-electron chi connectivity index (χ3n) is 8.18. The maximum atomic E-state index is 14.5. The summed E-state index contributed by atoms with van der Waals surface area (Å²) in [5.41, 5.74) is 6.01. The first kappa shape index (κ1) is 28.5. The molecular formula is C32H30ClFN6O4. The number of H-pyrrole nitrogens is 1. The fourth-order valence-corrected chi connectivity index (χ4v) is 5.85. The Hall–Kier alpha value is -4.32. The number of ether oxygens (including phenoxy) is 3. The van der Waals surface area contributed by atoms with Crippen molar-refractivity contribution in [2.45, 2.75) is 45.2 Å². The molecule has 1 saturated heterocycles. The zero-order valence-corrected chi connectivity index (χ0v) is 24.8. The Morgan fingerprint density at radius 3 is 2.82 bits per heavy atom. The summed E-state index contributed by atoms with van der Waals surface area (Å²) in [6.45, 7) is 3.38. The predicted octanol–water partition coefficient (Wildman–Crippen LogP) is 5.33. The number of imidazole rings is 1. The van der Waals surface area contributed by atoms with E-state index in [1.807, 2.05) is 18.2 Å². The van der Waals surface area contributed by atoms with Crippen LogP contribution in [0.15, 0.2) is 54.7 Å². The molecule has 2 aliphatic heterocycles. The lowest BCUT2D eigenvalue weighted by Crippen LogP contribution is -2.34. The Kier molecular flexibility index (Phi) is 7.75. The summed E-state index contributed by atoms with van der Waals surface area (Å²) in [4.78, 5) is 24.4. The van der Waals surface area contributed by atoms with Gasteiger partial charge in [0.15, 0.2) is 0 Å². The van der Waals surface area contributed by atoms with Gasteiger partial charge in [-0.2, -0.15) is 5.10 Å². The van der Waals surface area contributed by atoms with Gasteiger partial charge in [0.1, 0.15) is 18.2 Å². The lowest BCUT2D eigenvalue weighted by molar-refractivity contribution is -0.0592. The van der Waals surface area contributed by atoms with Crippen molar-refractivity contribution < 1.29 is 23.4 Å². The molecule has 1 atom stereocenters. The molecule has 3 aromatic heterocycles. The zero-order chi connectivity index (χ0) is 30.2. The summed E-state index contributed by atoms with van der Waals surface area (Å²) >= 11 is 5.93. The van der Waals surface area contributed by atoms with E-state index >= 15 is 0 Å². The highest BCUT2D eigenvalue weighted by Crippen LogP contribution is 2.33. The minimum Gasteiger partial charge on any atom is -0.472 e. The van der Waals surface area contributed by atoms with Crippen molar-refractivity contribution in [1.29, 1.82) is 0 Å². The molecule has 226 valence electrons. The number of nitrogens with zero attached hydrogens (tertiary/aromatic N) is 5. The number of carbonyl (C=O) groups excluding carboxylic acids is 1. The van der Waals surface area contributed by atoms with Crippen LogP contribution < -0.4 is 4.74 Å². The van der Waals surface area contributed by atoms with Crippen LogP contribution in [0, 0.1) is 5.82 Å². The summed E-state index contributed by atoms with van der Waals surface area (Å²) in [6.07, 6.45) is 3.62. The molecule has 2 aliphatic rings. The molecule has 0 unspecified atom stereocenters. The average molecular weight is 617 g/mol. The van der Waals surface area contributed by atoms with E-state index in [1.165, 1.54) is 13.2 Å². The number of aromatic nitrogens is 5. The fourth-order valence-electron chi connectivity index (χ4n) is 5.69. The first-order valence-electron chi connectivity index (χ1n) is 14.5. The fraction of sp³-hybridized carbons (Fsp3) is 0.312. The largest absolute Gasteiger partial charge is 0.472 e. The lowest BCUT2D eigenvalue weighted by Gasteiger charge is -2.30. The predicted molar refractivity (Wildman–Crippen MR) is 161 cm³/mol. The van der Waals surface area contributed by atoms with Gasteiger partial charge in [-0.1, -0.05) is 17.7 Å². The number of methoxy groups -OCH3 is 1. The summed E-state index contributed by atoms with van der Waals surface area (Å²) in [7, 11) is 1.38. The maximum absolute atomic E-state index is 14.5. The standard InChI is InChI=1S/C32H30ClFN6O4/c1-42-32(41)20-3-5-27-29(13-20)40(15-23-8-11-43-23)30(36-27)17-39-10-7-19-12-24(26-6-9-35-38-26)31(37-28(19)16-39)44-18-21-2-4-22(33)14-25(21)34/h2-6,9,12-14,23H,7-8,10-11,15-18H2,1H3,(H,35,38)/t23-/m0/s1. The van der Waals surface area contributed by atoms with Crippen molar-refractivity contribution in [3.63, 3.8) is 0 Å². The number of hydrogen-bond acceptors (Lipinski definition) is 8. The Labute approximate surface area is 257 Å². The number of halogens is 2. The van der Waals surface area contributed by atoms with Crippen LogP contribution in [0.2, 0.25) is 5.02 Å². The highest BCUT2D eigenvalue weighted by atomic mass is 35.5. The Bertz CT molecular complexity index is 1840. The van der Waals surface area contributed by atoms with E-state index in [0.717, 1.165) is 59.7 Å². The van der Waals surface area contributed by atoms with Gasteiger partial charge in [0.25, 0.3) is 0 Å². The molecule has 5 aromatic rings. The Morgan fingerprint density at radius 1 is 1.18 bits per heavy atom. The number of pyridine rings is 1. The minimum atomic E-state index is -0.433. The number of fused-ring (bicyclic) bond motifs is 2. The molecule has 0 amide bonds. The van der Waals surface area contributed by atoms with Gasteiger partial charge < -0.3 is 18.8 Å². The van der Waals surface area contributed by atoms with Gasteiger partial charge in [-0.15, -0.1) is 0 Å². The van der Waals surface area contributed by atoms with E-state index in [-0.39, 0.29) is 18.7 Å². The van der Waals surface area contributed by atoms with Crippen molar-refractivity contribution in [2.24, 2.45) is 0 Å². The normalized spacial score (nSPS) is 16.5. The first-order valence-corrected chi connectivity index (χ1v) is 14.8. The van der Waals surface area contributed by atoms with Crippen LogP contribution in [0.4, 0.5) is 4.39 Å². The van der Waals surface area contributed by atoms with Crippen molar-refractivity contribution in [2.75, 3.05) is 20.3 Å². The summed E-state index contributed by atoms with van der Waals surface area (Å²) in [5.74, 6) is 0.461. The molecule has 0 aliphatic carbocycles. The molecule has 2 aromatic carbocycles. The van der Waals surface area contributed by atoms with Crippen molar-refractivity contribution >= 4 is 28.6 Å². The second-order valence-corrected chi connectivity index (χ2v) is 11.4. The highest BCUT2D eigenvalue weighted by molar-refractivity contribution is 6.30. The number of aromatic amines is 1. The molecule has 0 spiro atoms. The number of hydrogen-bond donors (Lipinski definition) is 1. The molecule has 0 bridgehead atoms. The zero-order valence-electron chi connectivity index (χ0n) is 24.1. The Morgan fingerprint density at radius 2 is 2.07 bits per heavy atom. The molecule has 5 heterocycles. The summed E-state index contributed by atoms with van der Waals surface area (Å²) in [6, 6.07) is 13.9. The van der Waals surface area contributed by atoms with E-state index in [2.05, 4.69) is 25.7 Å². The van der Waals surface area contributed by atoms with Crippen LogP contribution in [0.1, 0.15) is 39.4 Å². The first-order chi connectivity index (χ1) is 21.4. The molecule has 10 nitrogen and oxygen atoms in total. The van der Waals surface area contributed by atoms with E-state index < -0.39 is 5.82 Å². The molecule has 7 rings (SSSR count). The average Bonchev–Trinajstić information content (AvgIpc) is 3.65. The van der Waals surface area contributed by atoms with Crippen molar-refractivity contribution in [1.82, 2.24) is 29.6 Å². The van der Waals surface area contributed by atoms with Crippen LogP contribution in [-0.2, 0) is 42.1 Å². The van der Waals surface area contributed by atoms with Crippen LogP contribution in [-0.4, -0.2) is 62.0 Å². The van der Waals surface area contributed by atoms with Crippen LogP contribution >= 0.6 is 11.6 Å². The monoisotopic (exact) mass is 616 g/mol. The van der Waals surface area contributed by atoms with Crippen LogP contribution in [0.5, 0.6) is 5.88 Å². The minimum absolute atomic E-state index is 0.00322. The van der Waals surface area contributed by atoms with E-state index in [0.29, 0.717) is 47.4 Å². The number of benzene rings is 2. The quantitative estimate of drug-likeness (QED) is 0.222. The van der Waals surface area contributed by atoms with Gasteiger partial charge in [0, 0.05) is 36.5 Å². The number of rotatable bonds is 9. The van der Waals surface area contributed by atoms with Crippen LogP contribution in [0.25, 0.3) is 22.3 Å². The number of carbonyl (C=O) groups is 1. The number of esters is 1. The van der Waals surface area contributed by atoms with Gasteiger partial charge in [-0.3, -0.25) is 10.00 Å². The second kappa shape index (κ2) is 12.0. The third kappa shape index (κ3) is 5.66. The highest BCUT2D eigenvalue weighted by Gasteiger charge is 2.26. The van der Waals surface area contributed by atoms with Gasteiger partial charge in [0.05, 0.1) is 59.9 Å². The summed E-state index contributed by atoms with van der Waals surface area (Å²) in [5, 5.41) is 7.52. The van der Waals surface area contributed by atoms with Crippen molar-refractivity contribution in [3.8, 4) is 17.1 Å². The van der Waals surface area contributed by atoms with Gasteiger partial charge in [-0.25, -0.2) is 19.2 Å². The molecule has 1 N–H and O–H groups in total. The lowest BCUT2D eigenvalue weighted by atomic mass is 10.0.